The van der Waals surface area contributed by atoms with E-state index in [9.17, 15) is 22.4 Å². The van der Waals surface area contributed by atoms with Crippen molar-refractivity contribution in [2.75, 3.05) is 26.2 Å². The van der Waals surface area contributed by atoms with E-state index < -0.39 is 21.7 Å². The zero-order valence-corrected chi connectivity index (χ0v) is 17.9. The van der Waals surface area contributed by atoms with Gasteiger partial charge in [0.05, 0.1) is 20.7 Å². The fourth-order valence-corrected chi connectivity index (χ4v) is 6.11. The number of rotatable bonds is 4. The molecule has 3 aromatic rings. The number of fused-ring (bicyclic) bond motifs is 1. The highest BCUT2D eigenvalue weighted by Crippen LogP contribution is 2.25. The summed E-state index contributed by atoms with van der Waals surface area (Å²) in [5.41, 5.74) is 0.696. The Morgan fingerprint density at radius 1 is 1.10 bits per heavy atom. The Bertz CT molecular complexity index is 1270. The number of aromatic nitrogens is 1. The van der Waals surface area contributed by atoms with E-state index in [4.69, 9.17) is 0 Å². The molecule has 0 unspecified atom stereocenters. The van der Waals surface area contributed by atoms with Gasteiger partial charge in [0.1, 0.15) is 5.82 Å². The molecular formula is C20H20FN3O4S2. The maximum Gasteiger partial charge on any atom is 0.308 e. The number of carbonyl (C=O) groups excluding carboxylic acids is 1. The Morgan fingerprint density at radius 3 is 2.47 bits per heavy atom. The van der Waals surface area contributed by atoms with E-state index in [1.807, 2.05) is 6.92 Å². The van der Waals surface area contributed by atoms with Crippen molar-refractivity contribution in [3.8, 4) is 0 Å². The largest absolute Gasteiger partial charge is 0.336 e. The lowest BCUT2D eigenvalue weighted by atomic mass is 10.1. The zero-order chi connectivity index (χ0) is 21.5. The van der Waals surface area contributed by atoms with Gasteiger partial charge in [0.25, 0.3) is 5.91 Å². The van der Waals surface area contributed by atoms with Gasteiger partial charge in [0, 0.05) is 32.7 Å². The molecule has 0 saturated carbocycles. The van der Waals surface area contributed by atoms with Gasteiger partial charge in [-0.3, -0.25) is 14.2 Å². The molecule has 30 heavy (non-hydrogen) atoms. The Hall–Kier alpha value is -2.56. The second kappa shape index (κ2) is 7.93. The van der Waals surface area contributed by atoms with Crippen molar-refractivity contribution >= 4 is 37.5 Å². The molecule has 7 nitrogen and oxygen atoms in total. The van der Waals surface area contributed by atoms with Crippen LogP contribution in [0, 0.1) is 5.82 Å². The summed E-state index contributed by atoms with van der Waals surface area (Å²) in [5.74, 6) is -1.04. The minimum Gasteiger partial charge on any atom is -0.336 e. The summed E-state index contributed by atoms with van der Waals surface area (Å²) < 4.78 is 43.6. The van der Waals surface area contributed by atoms with Crippen LogP contribution in [0.4, 0.5) is 4.39 Å². The smallest absolute Gasteiger partial charge is 0.308 e. The van der Waals surface area contributed by atoms with E-state index >= 15 is 0 Å². The quantitative estimate of drug-likeness (QED) is 0.613. The molecule has 0 radical (unpaired) electrons. The minimum absolute atomic E-state index is 0.0189. The van der Waals surface area contributed by atoms with E-state index in [1.54, 1.807) is 16.7 Å². The first-order chi connectivity index (χ1) is 14.3. The Labute approximate surface area is 177 Å². The lowest BCUT2D eigenvalue weighted by Crippen LogP contribution is -2.50. The highest BCUT2D eigenvalue weighted by molar-refractivity contribution is 7.89. The Kier molecular flexibility index (Phi) is 5.48. The number of thiazole rings is 1. The summed E-state index contributed by atoms with van der Waals surface area (Å²) in [7, 11) is -3.77. The van der Waals surface area contributed by atoms with Crippen LogP contribution in [-0.4, -0.2) is 54.3 Å². The lowest BCUT2D eigenvalue weighted by molar-refractivity contribution is 0.0693. The molecule has 0 aliphatic carbocycles. The standard InChI is InChI=1S/C20H20FN3O4S2/c1-2-24-17-8-7-14(13-18(17)29-20(24)26)30(27,28)23-11-9-22(10-12-23)19(25)15-5-3-4-6-16(15)21/h3-8,13H,2,9-12H2,1H3. The van der Waals surface area contributed by atoms with Crippen LogP contribution in [-0.2, 0) is 16.6 Å². The van der Waals surface area contributed by atoms with Crippen molar-refractivity contribution in [3.63, 3.8) is 0 Å². The number of aryl methyl sites for hydroxylation is 1. The molecule has 158 valence electrons. The van der Waals surface area contributed by atoms with Crippen LogP contribution < -0.4 is 4.87 Å². The molecule has 2 aromatic carbocycles. The lowest BCUT2D eigenvalue weighted by Gasteiger charge is -2.34. The molecule has 1 amide bonds. The zero-order valence-electron chi connectivity index (χ0n) is 16.2. The molecule has 1 fully saturated rings. The van der Waals surface area contributed by atoms with Gasteiger partial charge in [-0.05, 0) is 37.3 Å². The molecule has 0 bridgehead atoms. The molecular weight excluding hydrogens is 429 g/mol. The van der Waals surface area contributed by atoms with Gasteiger partial charge < -0.3 is 4.90 Å². The topological polar surface area (TPSA) is 79.7 Å². The summed E-state index contributed by atoms with van der Waals surface area (Å²) in [6.07, 6.45) is 0. The van der Waals surface area contributed by atoms with Gasteiger partial charge in [0.15, 0.2) is 0 Å². The SMILES string of the molecule is CCn1c(=O)sc2cc(S(=O)(=O)N3CCN(C(=O)c4ccccc4F)CC3)ccc21. The molecule has 0 N–H and O–H groups in total. The Morgan fingerprint density at radius 2 is 1.80 bits per heavy atom. The van der Waals surface area contributed by atoms with Crippen molar-refractivity contribution < 1.29 is 17.6 Å². The minimum atomic E-state index is -3.77. The predicted molar refractivity (Wildman–Crippen MR) is 113 cm³/mol. The van der Waals surface area contributed by atoms with Gasteiger partial charge in [-0.25, -0.2) is 12.8 Å². The van der Waals surface area contributed by atoms with Gasteiger partial charge >= 0.3 is 4.87 Å². The number of carbonyl (C=O) groups is 1. The third-order valence-electron chi connectivity index (χ3n) is 5.22. The number of nitrogens with zero attached hydrogens (tertiary/aromatic N) is 3. The van der Waals surface area contributed by atoms with E-state index in [0.717, 1.165) is 11.3 Å². The maximum atomic E-state index is 13.9. The van der Waals surface area contributed by atoms with Crippen LogP contribution in [0.3, 0.4) is 0 Å². The number of benzene rings is 2. The average molecular weight is 450 g/mol. The van der Waals surface area contributed by atoms with Gasteiger partial charge in [-0.2, -0.15) is 4.31 Å². The van der Waals surface area contributed by atoms with Gasteiger partial charge in [-0.1, -0.05) is 23.5 Å². The second-order valence-corrected chi connectivity index (χ2v) is 9.85. The van der Waals surface area contributed by atoms with Gasteiger partial charge in [-0.15, -0.1) is 0 Å². The van der Waals surface area contributed by atoms with E-state index in [1.165, 1.54) is 39.5 Å². The number of sulfonamides is 1. The summed E-state index contributed by atoms with van der Waals surface area (Å²) in [6.45, 7) is 2.96. The number of amides is 1. The molecule has 1 aliphatic heterocycles. The number of piperazine rings is 1. The molecule has 1 aromatic heterocycles. The van der Waals surface area contributed by atoms with Crippen molar-refractivity contribution in [2.24, 2.45) is 0 Å². The maximum absolute atomic E-state index is 13.9. The molecule has 2 heterocycles. The van der Waals surface area contributed by atoms with Crippen LogP contribution in [0.15, 0.2) is 52.2 Å². The van der Waals surface area contributed by atoms with Crippen molar-refractivity contribution in [1.29, 1.82) is 0 Å². The average Bonchev–Trinajstić information content (AvgIpc) is 3.07. The Balaban J connectivity index is 1.53. The molecule has 1 saturated heterocycles. The van der Waals surface area contributed by atoms with Crippen LogP contribution >= 0.6 is 11.3 Å². The highest BCUT2D eigenvalue weighted by Gasteiger charge is 2.31. The third kappa shape index (κ3) is 3.55. The normalized spacial score (nSPS) is 15.6. The fraction of sp³-hybridized carbons (Fsp3) is 0.300. The first-order valence-electron chi connectivity index (χ1n) is 9.50. The first kappa shape index (κ1) is 20.7. The second-order valence-electron chi connectivity index (χ2n) is 6.92. The summed E-state index contributed by atoms with van der Waals surface area (Å²) >= 11 is 1.02. The first-order valence-corrected chi connectivity index (χ1v) is 11.8. The summed E-state index contributed by atoms with van der Waals surface area (Å²) in [5, 5.41) is 0. The van der Waals surface area contributed by atoms with E-state index in [0.29, 0.717) is 16.8 Å². The molecule has 0 spiro atoms. The van der Waals surface area contributed by atoms with E-state index in [2.05, 4.69) is 0 Å². The molecule has 1 aliphatic rings. The van der Waals surface area contributed by atoms with Crippen LogP contribution in [0.5, 0.6) is 0 Å². The van der Waals surface area contributed by atoms with Crippen LogP contribution in [0.1, 0.15) is 17.3 Å². The van der Waals surface area contributed by atoms with Crippen molar-refractivity contribution in [1.82, 2.24) is 13.8 Å². The number of hydrogen-bond donors (Lipinski definition) is 0. The molecule has 10 heteroatoms. The molecule has 0 atom stereocenters. The van der Waals surface area contributed by atoms with Crippen molar-refractivity contribution in [2.45, 2.75) is 18.4 Å². The number of hydrogen-bond acceptors (Lipinski definition) is 5. The highest BCUT2D eigenvalue weighted by atomic mass is 32.2. The monoisotopic (exact) mass is 449 g/mol. The summed E-state index contributed by atoms with van der Waals surface area (Å²) in [6, 6.07) is 10.4. The van der Waals surface area contributed by atoms with Crippen LogP contribution in [0.2, 0.25) is 0 Å². The fourth-order valence-electron chi connectivity index (χ4n) is 3.59. The van der Waals surface area contributed by atoms with Gasteiger partial charge in [0.2, 0.25) is 10.0 Å². The van der Waals surface area contributed by atoms with E-state index in [-0.39, 0.29) is 41.5 Å². The third-order valence-corrected chi connectivity index (χ3v) is 8.06. The van der Waals surface area contributed by atoms with Crippen molar-refractivity contribution in [3.05, 3.63) is 63.5 Å². The predicted octanol–water partition coefficient (Wildman–Crippen LogP) is 2.37. The number of halogens is 1. The molecule has 4 rings (SSSR count). The summed E-state index contributed by atoms with van der Waals surface area (Å²) in [4.78, 5) is 26.0. The van der Waals surface area contributed by atoms with Crippen LogP contribution in [0.25, 0.3) is 10.2 Å².